The van der Waals surface area contributed by atoms with Crippen LogP contribution in [0.15, 0.2) is 260 Å². The Morgan fingerprint density at radius 1 is 0.420 bits per heavy atom. The van der Waals surface area contributed by atoms with Crippen LogP contribution in [0.2, 0.25) is 0 Å². The minimum absolute atomic E-state index is 0.00654. The Morgan fingerprint density at radius 2 is 0.812 bits per heavy atom. The summed E-state index contributed by atoms with van der Waals surface area (Å²) in [4.78, 5) is 7.83. The molecule has 0 N–H and O–H groups in total. The summed E-state index contributed by atoms with van der Waals surface area (Å²) in [6.07, 6.45) is 6.21. The Kier molecular flexibility index (Phi) is 11.4. The predicted molar refractivity (Wildman–Crippen MR) is 299 cm³/mol. The Bertz CT molecular complexity index is 3660. The van der Waals surface area contributed by atoms with Gasteiger partial charge in [-0.05, 0) is 153 Å². The fraction of sp³-hybridized carbons (Fsp3) is 0.0597. The van der Waals surface area contributed by atoms with Gasteiger partial charge in [0.15, 0.2) is 0 Å². The van der Waals surface area contributed by atoms with Crippen LogP contribution in [0, 0.1) is 0 Å². The molecule has 0 bridgehead atoms. The van der Waals surface area contributed by atoms with Gasteiger partial charge in [-0.15, -0.1) is 0 Å². The summed E-state index contributed by atoms with van der Waals surface area (Å²) in [6, 6.07) is 77.1. The standard InChI is InChI=1S/C67H52N2/c1-6-47(34-33-44(2)48-21-9-7-10-22-48)45(3)68-67(69(5)46(4)49-23-11-8-12-24-49)54-40-52(50-35-37-63-59-29-15-13-25-55(59)57-27-17-19-31-61(57)65(63)42-50)39-53(41-54)51-36-38-64-60-30-16-14-26-56(60)58-28-18-20-32-62(58)66(64)43-51/h6-43,46H,2-3H2,1,4-5H3/b34-33-,47-6+,68-67?. The van der Waals surface area contributed by atoms with E-state index in [9.17, 15) is 0 Å². The molecule has 0 saturated heterocycles. The second-order valence-electron chi connectivity index (χ2n) is 18.1. The summed E-state index contributed by atoms with van der Waals surface area (Å²) in [5.41, 5.74) is 10.3. The zero-order valence-electron chi connectivity index (χ0n) is 39.3. The summed E-state index contributed by atoms with van der Waals surface area (Å²) in [5.74, 6) is 0.823. The van der Waals surface area contributed by atoms with E-state index in [2.05, 4.69) is 244 Å². The average molecular weight is 885 g/mol. The van der Waals surface area contributed by atoms with Crippen molar-refractivity contribution in [2.24, 2.45) is 4.99 Å². The van der Waals surface area contributed by atoms with Crippen molar-refractivity contribution in [3.05, 3.63) is 272 Å². The van der Waals surface area contributed by atoms with Crippen molar-refractivity contribution in [2.45, 2.75) is 19.9 Å². The Balaban J connectivity index is 1.14. The van der Waals surface area contributed by atoms with Gasteiger partial charge in [0.05, 0.1) is 11.7 Å². The molecule has 69 heavy (non-hydrogen) atoms. The number of rotatable bonds is 10. The highest BCUT2D eigenvalue weighted by atomic mass is 15.2. The van der Waals surface area contributed by atoms with Crippen LogP contribution in [-0.4, -0.2) is 17.8 Å². The third-order valence-electron chi connectivity index (χ3n) is 14.0. The highest BCUT2D eigenvalue weighted by molar-refractivity contribution is 6.27. The second-order valence-corrected chi connectivity index (χ2v) is 18.1. The van der Waals surface area contributed by atoms with Crippen molar-refractivity contribution in [3.63, 3.8) is 0 Å². The van der Waals surface area contributed by atoms with Gasteiger partial charge >= 0.3 is 0 Å². The van der Waals surface area contributed by atoms with Gasteiger partial charge in [0.25, 0.3) is 0 Å². The number of nitrogens with zero attached hydrogens (tertiary/aromatic N) is 2. The number of allylic oxidation sites excluding steroid dienone is 4. The van der Waals surface area contributed by atoms with Crippen molar-refractivity contribution in [1.82, 2.24) is 4.90 Å². The van der Waals surface area contributed by atoms with Crippen LogP contribution in [0.1, 0.15) is 36.6 Å². The van der Waals surface area contributed by atoms with Crippen molar-refractivity contribution < 1.29 is 0 Å². The minimum atomic E-state index is -0.00654. The lowest BCUT2D eigenvalue weighted by molar-refractivity contribution is 0.403. The molecule has 0 amide bonds. The fourth-order valence-electron chi connectivity index (χ4n) is 10.2. The monoisotopic (exact) mass is 884 g/mol. The Hall–Kier alpha value is -8.59. The fourth-order valence-corrected chi connectivity index (χ4v) is 10.2. The molecule has 0 fully saturated rings. The Morgan fingerprint density at radius 3 is 1.25 bits per heavy atom. The molecule has 1 unspecified atom stereocenters. The highest BCUT2D eigenvalue weighted by Gasteiger charge is 2.21. The molecule has 0 spiro atoms. The van der Waals surface area contributed by atoms with E-state index in [4.69, 9.17) is 4.99 Å². The largest absolute Gasteiger partial charge is 0.352 e. The summed E-state index contributed by atoms with van der Waals surface area (Å²) in [5, 5.41) is 15.0. The molecule has 0 heterocycles. The van der Waals surface area contributed by atoms with Gasteiger partial charge in [-0.25, -0.2) is 4.99 Å². The van der Waals surface area contributed by atoms with Gasteiger partial charge in [-0.1, -0.05) is 213 Å². The molecule has 0 aliphatic rings. The third-order valence-corrected chi connectivity index (χ3v) is 14.0. The molecule has 0 aliphatic heterocycles. The van der Waals surface area contributed by atoms with Gasteiger partial charge in [0.1, 0.15) is 5.84 Å². The minimum Gasteiger partial charge on any atom is -0.352 e. The lowest BCUT2D eigenvalue weighted by atomic mass is 9.89. The van der Waals surface area contributed by atoms with E-state index in [0.29, 0.717) is 5.70 Å². The molecule has 2 heteroatoms. The van der Waals surface area contributed by atoms with Crippen LogP contribution < -0.4 is 0 Å². The quantitative estimate of drug-likeness (QED) is 0.0578. The maximum absolute atomic E-state index is 5.53. The number of benzene rings is 11. The molecule has 11 rings (SSSR count). The van der Waals surface area contributed by atoms with Gasteiger partial charge in [-0.3, -0.25) is 0 Å². The van der Waals surface area contributed by atoms with E-state index in [-0.39, 0.29) is 6.04 Å². The number of hydrogen-bond donors (Lipinski definition) is 0. The molecule has 330 valence electrons. The molecule has 0 aliphatic carbocycles. The van der Waals surface area contributed by atoms with Gasteiger partial charge in [0, 0.05) is 12.6 Å². The Labute approximate surface area is 404 Å². The van der Waals surface area contributed by atoms with Gasteiger partial charge in [-0.2, -0.15) is 0 Å². The average Bonchev–Trinajstić information content (AvgIpc) is 3.42. The van der Waals surface area contributed by atoms with E-state index in [1.807, 2.05) is 25.1 Å². The van der Waals surface area contributed by atoms with Crippen LogP contribution >= 0.6 is 0 Å². The predicted octanol–water partition coefficient (Wildman–Crippen LogP) is 18.1. The zero-order chi connectivity index (χ0) is 47.0. The molecule has 0 aromatic heterocycles. The first kappa shape index (κ1) is 43.0. The topological polar surface area (TPSA) is 15.6 Å². The third kappa shape index (κ3) is 8.00. The van der Waals surface area contributed by atoms with E-state index < -0.39 is 0 Å². The summed E-state index contributed by atoms with van der Waals surface area (Å²) >= 11 is 0. The second kappa shape index (κ2) is 18.2. The van der Waals surface area contributed by atoms with E-state index in [1.54, 1.807) is 0 Å². The molecule has 0 saturated carbocycles. The van der Waals surface area contributed by atoms with Crippen LogP contribution in [0.25, 0.3) is 92.5 Å². The van der Waals surface area contributed by atoms with Crippen molar-refractivity contribution in [1.29, 1.82) is 0 Å². The zero-order valence-corrected chi connectivity index (χ0v) is 39.3. The van der Waals surface area contributed by atoms with Gasteiger partial charge < -0.3 is 4.90 Å². The summed E-state index contributed by atoms with van der Waals surface area (Å²) < 4.78 is 0. The van der Waals surface area contributed by atoms with E-state index >= 15 is 0 Å². The number of aliphatic imine (C=N–C) groups is 1. The maximum Gasteiger partial charge on any atom is 0.136 e. The molecule has 2 nitrogen and oxygen atoms in total. The first-order chi connectivity index (χ1) is 33.8. The van der Waals surface area contributed by atoms with Crippen molar-refractivity contribution in [3.8, 4) is 22.3 Å². The maximum atomic E-state index is 5.53. The van der Waals surface area contributed by atoms with Gasteiger partial charge in [0.2, 0.25) is 0 Å². The van der Waals surface area contributed by atoms with Crippen LogP contribution in [0.3, 0.4) is 0 Å². The molecule has 0 radical (unpaired) electrons. The lowest BCUT2D eigenvalue weighted by Gasteiger charge is -2.30. The van der Waals surface area contributed by atoms with Crippen LogP contribution in [0.4, 0.5) is 0 Å². The smallest absolute Gasteiger partial charge is 0.136 e. The molecular weight excluding hydrogens is 833 g/mol. The normalized spacial score (nSPS) is 12.7. The van der Waals surface area contributed by atoms with Crippen LogP contribution in [0.5, 0.6) is 0 Å². The van der Waals surface area contributed by atoms with Crippen molar-refractivity contribution in [2.75, 3.05) is 7.05 Å². The number of amidine groups is 1. The summed E-state index contributed by atoms with van der Waals surface area (Å²) in [7, 11) is 2.15. The lowest BCUT2D eigenvalue weighted by Crippen LogP contribution is -2.31. The molecule has 11 aromatic carbocycles. The van der Waals surface area contributed by atoms with Crippen molar-refractivity contribution >= 4 is 76.0 Å². The molecule has 11 aromatic rings. The first-order valence-corrected chi connectivity index (χ1v) is 23.8. The van der Waals surface area contributed by atoms with E-state index in [0.717, 1.165) is 50.4 Å². The highest BCUT2D eigenvalue weighted by Crippen LogP contribution is 2.41. The molecule has 1 atom stereocenters. The first-order valence-electron chi connectivity index (χ1n) is 23.8. The van der Waals surface area contributed by atoms with E-state index in [1.165, 1.54) is 70.2 Å². The van der Waals surface area contributed by atoms with Crippen LogP contribution in [-0.2, 0) is 0 Å². The SMILES string of the molecule is C=C(N=C(c1cc(-c2ccc3c4ccccc4c4ccccc4c3c2)cc(-c2ccc3c4ccccc4c4ccccc4c3c2)c1)N(C)C(C)c1ccccc1)C(/C=C\C(=C)c1ccccc1)=C/C. The molecular formula is C67H52N2. The number of fused-ring (bicyclic) bond motifs is 12. The summed E-state index contributed by atoms with van der Waals surface area (Å²) in [6.45, 7) is 13.3. The number of hydrogen-bond acceptors (Lipinski definition) is 1.